The number of rotatable bonds is 7. The quantitative estimate of drug-likeness (QED) is 0.468. The van der Waals surface area contributed by atoms with Crippen molar-refractivity contribution in [3.63, 3.8) is 0 Å². The van der Waals surface area contributed by atoms with Crippen molar-refractivity contribution in [1.29, 1.82) is 0 Å². The molecule has 34 heavy (non-hydrogen) atoms. The predicted octanol–water partition coefficient (Wildman–Crippen LogP) is 4.67. The van der Waals surface area contributed by atoms with E-state index in [0.29, 0.717) is 22.8 Å². The average molecular weight is 474 g/mol. The zero-order valence-electron chi connectivity index (χ0n) is 19.1. The third-order valence-electron chi connectivity index (χ3n) is 6.79. The molecule has 5 rings (SSSR count). The molecule has 2 aliphatic heterocycles. The van der Waals surface area contributed by atoms with E-state index in [9.17, 15) is 9.59 Å². The molecule has 0 aliphatic carbocycles. The van der Waals surface area contributed by atoms with Crippen LogP contribution in [-0.4, -0.2) is 60.8 Å². The smallest absolute Gasteiger partial charge is 0.299 e. The van der Waals surface area contributed by atoms with Gasteiger partial charge in [0.15, 0.2) is 0 Å². The van der Waals surface area contributed by atoms with Gasteiger partial charge in [-0.1, -0.05) is 72.3 Å². The number of benzene rings is 3. The normalized spacial score (nSPS) is 16.9. The average Bonchev–Trinajstić information content (AvgIpc) is 3.11. The molecule has 2 heterocycles. The van der Waals surface area contributed by atoms with Gasteiger partial charge < -0.3 is 9.80 Å². The molecule has 1 fully saturated rings. The summed E-state index contributed by atoms with van der Waals surface area (Å²) in [7, 11) is 0. The van der Waals surface area contributed by atoms with Gasteiger partial charge in [0.25, 0.3) is 11.7 Å². The van der Waals surface area contributed by atoms with Gasteiger partial charge >= 0.3 is 0 Å². The van der Waals surface area contributed by atoms with E-state index in [2.05, 4.69) is 70.5 Å². The van der Waals surface area contributed by atoms with E-state index in [1.807, 2.05) is 0 Å². The van der Waals surface area contributed by atoms with Crippen LogP contribution in [0.4, 0.5) is 5.69 Å². The standard InChI is InChI=1S/C28H28ClN3O2/c29-23-12-13-25-24(20-23)27(33)28(34)32(25)15-7-14-30-16-18-31(19-17-30)26(21-8-3-1-4-9-21)22-10-5-2-6-11-22/h1-6,8-13,20,26H,7,14-19H2. The number of fused-ring (bicyclic) bond motifs is 1. The number of hydrogen-bond donors (Lipinski definition) is 0. The Hall–Kier alpha value is -2.99. The largest absolute Gasteiger partial charge is 0.305 e. The van der Waals surface area contributed by atoms with Crippen molar-refractivity contribution in [2.75, 3.05) is 44.2 Å². The molecule has 2 aliphatic rings. The van der Waals surface area contributed by atoms with Gasteiger partial charge in [-0.15, -0.1) is 0 Å². The van der Waals surface area contributed by atoms with Crippen molar-refractivity contribution in [3.05, 3.63) is 101 Å². The fourth-order valence-corrected chi connectivity index (χ4v) is 5.25. The minimum Gasteiger partial charge on any atom is -0.305 e. The highest BCUT2D eigenvalue weighted by Crippen LogP contribution is 2.32. The van der Waals surface area contributed by atoms with Crippen molar-refractivity contribution < 1.29 is 9.59 Å². The number of hydrogen-bond acceptors (Lipinski definition) is 4. The Kier molecular flexibility index (Phi) is 6.77. The third kappa shape index (κ3) is 4.64. The molecule has 0 spiro atoms. The van der Waals surface area contributed by atoms with Crippen LogP contribution in [0.3, 0.4) is 0 Å². The highest BCUT2D eigenvalue weighted by Gasteiger charge is 2.35. The summed E-state index contributed by atoms with van der Waals surface area (Å²) in [4.78, 5) is 31.4. The van der Waals surface area contributed by atoms with E-state index in [1.165, 1.54) is 11.1 Å². The zero-order valence-corrected chi connectivity index (χ0v) is 19.8. The minimum atomic E-state index is -0.459. The van der Waals surface area contributed by atoms with E-state index in [4.69, 9.17) is 11.6 Å². The number of halogens is 1. The summed E-state index contributed by atoms with van der Waals surface area (Å²) in [5.41, 5.74) is 3.73. The van der Waals surface area contributed by atoms with Crippen LogP contribution in [0.5, 0.6) is 0 Å². The van der Waals surface area contributed by atoms with E-state index in [0.717, 1.165) is 39.1 Å². The van der Waals surface area contributed by atoms with Crippen molar-refractivity contribution >= 4 is 29.0 Å². The molecule has 5 nitrogen and oxygen atoms in total. The second-order valence-corrected chi connectivity index (χ2v) is 9.34. The molecular weight excluding hydrogens is 446 g/mol. The monoisotopic (exact) mass is 473 g/mol. The second kappa shape index (κ2) is 10.1. The van der Waals surface area contributed by atoms with Gasteiger partial charge in [0.2, 0.25) is 0 Å². The van der Waals surface area contributed by atoms with E-state index in [-0.39, 0.29) is 6.04 Å². The zero-order chi connectivity index (χ0) is 23.5. The van der Waals surface area contributed by atoms with Crippen molar-refractivity contribution in [1.82, 2.24) is 9.80 Å². The topological polar surface area (TPSA) is 43.9 Å². The summed E-state index contributed by atoms with van der Waals surface area (Å²) in [5, 5.41) is 0.476. The second-order valence-electron chi connectivity index (χ2n) is 8.90. The Bertz CT molecular complexity index is 1120. The molecule has 0 N–H and O–H groups in total. The first-order chi connectivity index (χ1) is 16.6. The van der Waals surface area contributed by atoms with Gasteiger partial charge in [-0.05, 0) is 42.3 Å². The van der Waals surface area contributed by atoms with Crippen molar-refractivity contribution in [3.8, 4) is 0 Å². The van der Waals surface area contributed by atoms with Crippen molar-refractivity contribution in [2.24, 2.45) is 0 Å². The number of carbonyl (C=O) groups excluding carboxylic acids is 2. The molecule has 0 saturated carbocycles. The van der Waals surface area contributed by atoms with Crippen LogP contribution >= 0.6 is 11.6 Å². The molecule has 0 aromatic heterocycles. The van der Waals surface area contributed by atoms with Crippen LogP contribution in [0.25, 0.3) is 0 Å². The van der Waals surface area contributed by atoms with Crippen LogP contribution in [0.15, 0.2) is 78.9 Å². The maximum atomic E-state index is 12.5. The lowest BCUT2D eigenvalue weighted by atomic mass is 9.96. The number of carbonyl (C=O) groups is 2. The van der Waals surface area contributed by atoms with Gasteiger partial charge in [0.1, 0.15) is 0 Å². The molecule has 0 radical (unpaired) electrons. The summed E-state index contributed by atoms with van der Waals surface area (Å²) in [5.74, 6) is -0.908. The van der Waals surface area contributed by atoms with Gasteiger partial charge in [0.05, 0.1) is 17.3 Å². The molecular formula is C28H28ClN3O2. The van der Waals surface area contributed by atoms with E-state index in [1.54, 1.807) is 23.1 Å². The lowest BCUT2D eigenvalue weighted by Crippen LogP contribution is -2.48. The Balaban J connectivity index is 1.18. The van der Waals surface area contributed by atoms with Crippen LogP contribution in [0.1, 0.15) is 33.9 Å². The first-order valence-electron chi connectivity index (χ1n) is 11.8. The molecule has 6 heteroatoms. The highest BCUT2D eigenvalue weighted by molar-refractivity contribution is 6.52. The maximum Gasteiger partial charge on any atom is 0.299 e. The Morgan fingerprint density at radius 1 is 0.765 bits per heavy atom. The van der Waals surface area contributed by atoms with Crippen LogP contribution in [0, 0.1) is 0 Å². The molecule has 174 valence electrons. The van der Waals surface area contributed by atoms with Crippen LogP contribution in [-0.2, 0) is 4.79 Å². The fraction of sp³-hybridized carbons (Fsp3) is 0.286. The third-order valence-corrected chi connectivity index (χ3v) is 7.03. The Morgan fingerprint density at radius 2 is 1.38 bits per heavy atom. The number of amides is 1. The van der Waals surface area contributed by atoms with Gasteiger partial charge in [0, 0.05) is 37.7 Å². The van der Waals surface area contributed by atoms with Gasteiger partial charge in [-0.25, -0.2) is 0 Å². The first-order valence-corrected chi connectivity index (χ1v) is 12.2. The van der Waals surface area contributed by atoms with E-state index >= 15 is 0 Å². The number of anilines is 1. The highest BCUT2D eigenvalue weighted by atomic mass is 35.5. The van der Waals surface area contributed by atoms with Crippen LogP contribution in [0.2, 0.25) is 5.02 Å². The fourth-order valence-electron chi connectivity index (χ4n) is 5.08. The van der Waals surface area contributed by atoms with Crippen molar-refractivity contribution in [2.45, 2.75) is 12.5 Å². The summed E-state index contributed by atoms with van der Waals surface area (Å²) in [6.45, 7) is 5.37. The molecule has 1 saturated heterocycles. The number of ketones is 1. The van der Waals surface area contributed by atoms with Crippen LogP contribution < -0.4 is 4.90 Å². The summed E-state index contributed by atoms with van der Waals surface area (Å²) >= 11 is 6.01. The SMILES string of the molecule is O=C1C(=O)N(CCCN2CCN(C(c3ccccc3)c3ccccc3)CC2)c2ccc(Cl)cc21. The molecule has 0 atom stereocenters. The summed E-state index contributed by atoms with van der Waals surface area (Å²) < 4.78 is 0. The van der Waals surface area contributed by atoms with Gasteiger partial charge in [-0.2, -0.15) is 0 Å². The van der Waals surface area contributed by atoms with Gasteiger partial charge in [-0.3, -0.25) is 14.5 Å². The molecule has 3 aromatic carbocycles. The number of nitrogens with zero attached hydrogens (tertiary/aromatic N) is 3. The predicted molar refractivity (Wildman–Crippen MR) is 135 cm³/mol. The summed E-state index contributed by atoms with van der Waals surface area (Å²) in [6, 6.07) is 26.8. The minimum absolute atomic E-state index is 0.251. The lowest BCUT2D eigenvalue weighted by Gasteiger charge is -2.40. The lowest BCUT2D eigenvalue weighted by molar-refractivity contribution is -0.114. The summed E-state index contributed by atoms with van der Waals surface area (Å²) in [6.07, 6.45) is 0.821. The molecule has 0 unspecified atom stereocenters. The molecule has 0 bridgehead atoms. The molecule has 1 amide bonds. The first kappa shape index (κ1) is 22.8. The molecule has 3 aromatic rings. The number of Topliss-reactive ketones (excluding diaryl/α,β-unsaturated/α-hetero) is 1. The number of piperazine rings is 1. The maximum absolute atomic E-state index is 12.5. The Morgan fingerprint density at radius 3 is 2.00 bits per heavy atom. The Labute approximate surface area is 205 Å². The van der Waals surface area contributed by atoms with E-state index < -0.39 is 11.7 Å².